The van der Waals surface area contributed by atoms with Crippen molar-refractivity contribution < 1.29 is 13.2 Å². The first-order valence-corrected chi connectivity index (χ1v) is 10.3. The van der Waals surface area contributed by atoms with Gasteiger partial charge in [-0.05, 0) is 49.6 Å². The van der Waals surface area contributed by atoms with E-state index in [4.69, 9.17) is 0 Å². The van der Waals surface area contributed by atoms with Crippen LogP contribution < -0.4 is 5.32 Å². The fraction of sp³-hybridized carbons (Fsp3) is 0.316. The van der Waals surface area contributed by atoms with Crippen molar-refractivity contribution in [1.29, 1.82) is 0 Å². The highest BCUT2D eigenvalue weighted by molar-refractivity contribution is 9.10. The van der Waals surface area contributed by atoms with Gasteiger partial charge >= 0.3 is 0 Å². The lowest BCUT2D eigenvalue weighted by Gasteiger charge is -2.25. The molecule has 4 nitrogen and oxygen atoms in total. The van der Waals surface area contributed by atoms with E-state index < -0.39 is 20.5 Å². The second-order valence-corrected chi connectivity index (χ2v) is 9.90. The predicted molar refractivity (Wildman–Crippen MR) is 103 cm³/mol. The third-order valence-electron chi connectivity index (χ3n) is 4.28. The summed E-state index contributed by atoms with van der Waals surface area (Å²) in [4.78, 5) is 12.7. The first-order chi connectivity index (χ1) is 11.7. The number of benzene rings is 2. The van der Waals surface area contributed by atoms with E-state index in [2.05, 4.69) is 21.2 Å². The summed E-state index contributed by atoms with van der Waals surface area (Å²) in [5.41, 5.74) is 1.09. The number of hydrogen-bond acceptors (Lipinski definition) is 3. The Kier molecular flexibility index (Phi) is 6.06. The average Bonchev–Trinajstić information content (AvgIpc) is 2.60. The second kappa shape index (κ2) is 7.70. The molecule has 2 aromatic rings. The highest BCUT2D eigenvalue weighted by Gasteiger charge is 2.42. The van der Waals surface area contributed by atoms with Gasteiger partial charge in [-0.25, -0.2) is 8.42 Å². The molecular formula is C19H22BrNO3S. The maximum absolute atomic E-state index is 12.8. The van der Waals surface area contributed by atoms with Gasteiger partial charge in [-0.2, -0.15) is 0 Å². The fourth-order valence-electron chi connectivity index (χ4n) is 2.39. The maximum Gasteiger partial charge on any atom is 0.241 e. The minimum absolute atomic E-state index is 0.0938. The van der Waals surface area contributed by atoms with Crippen molar-refractivity contribution in [3.05, 3.63) is 64.6 Å². The summed E-state index contributed by atoms with van der Waals surface area (Å²) in [6.45, 7) is 5.24. The molecule has 0 aliphatic heterocycles. The predicted octanol–water partition coefficient (Wildman–Crippen LogP) is 3.92. The molecule has 0 fully saturated rings. The molecule has 0 radical (unpaired) electrons. The van der Waals surface area contributed by atoms with Crippen LogP contribution in [0.25, 0.3) is 0 Å². The summed E-state index contributed by atoms with van der Waals surface area (Å²) in [5.74, 6) is -0.408. The van der Waals surface area contributed by atoms with E-state index in [0.717, 1.165) is 10.0 Å². The average molecular weight is 424 g/mol. The van der Waals surface area contributed by atoms with Gasteiger partial charge in [-0.15, -0.1) is 0 Å². The van der Waals surface area contributed by atoms with Gasteiger partial charge in [0.1, 0.15) is 4.75 Å². The molecule has 1 N–H and O–H groups in total. The third-order valence-corrected chi connectivity index (χ3v) is 7.23. The Balaban J connectivity index is 2.12. The highest BCUT2D eigenvalue weighted by atomic mass is 79.9. The van der Waals surface area contributed by atoms with Gasteiger partial charge in [0.15, 0.2) is 9.84 Å². The second-order valence-electron chi connectivity index (χ2n) is 6.49. The molecule has 0 bridgehead atoms. The lowest BCUT2D eigenvalue weighted by Crippen LogP contribution is -2.48. The van der Waals surface area contributed by atoms with E-state index in [-0.39, 0.29) is 10.8 Å². The molecule has 1 unspecified atom stereocenters. The Morgan fingerprint density at radius 1 is 1.08 bits per heavy atom. The number of sulfone groups is 1. The fourth-order valence-corrected chi connectivity index (χ4v) is 4.05. The number of carbonyl (C=O) groups excluding carboxylic acids is 1. The molecule has 134 valence electrons. The van der Waals surface area contributed by atoms with Gasteiger partial charge in [0, 0.05) is 11.0 Å². The van der Waals surface area contributed by atoms with Crippen LogP contribution in [0, 0.1) is 0 Å². The van der Waals surface area contributed by atoms with Gasteiger partial charge in [0.25, 0.3) is 0 Å². The van der Waals surface area contributed by atoms with Gasteiger partial charge in [0.2, 0.25) is 5.91 Å². The van der Waals surface area contributed by atoms with Crippen LogP contribution in [-0.2, 0) is 14.6 Å². The van der Waals surface area contributed by atoms with E-state index in [1.54, 1.807) is 12.1 Å². The van der Waals surface area contributed by atoms with Gasteiger partial charge < -0.3 is 5.32 Å². The first kappa shape index (κ1) is 19.7. The smallest absolute Gasteiger partial charge is 0.241 e. The maximum atomic E-state index is 12.8. The largest absolute Gasteiger partial charge is 0.354 e. The topological polar surface area (TPSA) is 63.2 Å². The molecule has 0 saturated heterocycles. The third kappa shape index (κ3) is 4.30. The van der Waals surface area contributed by atoms with Gasteiger partial charge in [0.05, 0.1) is 4.90 Å². The number of rotatable bonds is 6. The van der Waals surface area contributed by atoms with Crippen LogP contribution in [0.5, 0.6) is 0 Å². The Bertz CT molecular complexity index is 831. The molecule has 1 amide bonds. The van der Waals surface area contributed by atoms with Crippen LogP contribution in [0.1, 0.15) is 32.3 Å². The van der Waals surface area contributed by atoms with Crippen molar-refractivity contribution >= 4 is 31.7 Å². The van der Waals surface area contributed by atoms with Crippen LogP contribution in [0.3, 0.4) is 0 Å². The molecule has 0 heterocycles. The lowest BCUT2D eigenvalue weighted by molar-refractivity contribution is -0.122. The standard InChI is InChI=1S/C19H22BrNO3S/c1-14(15-7-5-4-6-8-15)13-21-18(22)19(2,3)25(23,24)17-11-9-16(20)10-12-17/h4-12,14H,13H2,1-3H3,(H,21,22). The van der Waals surface area contributed by atoms with E-state index in [0.29, 0.717) is 6.54 Å². The lowest BCUT2D eigenvalue weighted by atomic mass is 10.0. The monoisotopic (exact) mass is 423 g/mol. The van der Waals surface area contributed by atoms with Crippen molar-refractivity contribution in [3.63, 3.8) is 0 Å². The van der Waals surface area contributed by atoms with E-state index >= 15 is 0 Å². The molecule has 0 aliphatic rings. The van der Waals surface area contributed by atoms with Crippen molar-refractivity contribution in [2.24, 2.45) is 0 Å². The zero-order valence-corrected chi connectivity index (χ0v) is 16.9. The van der Waals surface area contributed by atoms with Crippen LogP contribution in [0.2, 0.25) is 0 Å². The van der Waals surface area contributed by atoms with Crippen LogP contribution in [-0.4, -0.2) is 25.6 Å². The molecule has 25 heavy (non-hydrogen) atoms. The number of nitrogens with one attached hydrogen (secondary N) is 1. The number of halogens is 1. The molecular weight excluding hydrogens is 402 g/mol. The molecule has 2 rings (SSSR count). The summed E-state index contributed by atoms with van der Waals surface area (Å²) in [7, 11) is -3.80. The van der Waals surface area contributed by atoms with Crippen LogP contribution in [0.15, 0.2) is 64.0 Å². The summed E-state index contributed by atoms with van der Waals surface area (Å²) in [6, 6.07) is 16.1. The summed E-state index contributed by atoms with van der Waals surface area (Å²) in [6.07, 6.45) is 0. The SMILES string of the molecule is CC(CNC(=O)C(C)(C)S(=O)(=O)c1ccc(Br)cc1)c1ccccc1. The minimum Gasteiger partial charge on any atom is -0.354 e. The Hall–Kier alpha value is -1.66. The molecule has 0 saturated carbocycles. The van der Waals surface area contributed by atoms with Crippen molar-refractivity contribution in [2.45, 2.75) is 36.3 Å². The Morgan fingerprint density at radius 3 is 2.20 bits per heavy atom. The normalized spacial score (nSPS) is 13.3. The van der Waals surface area contributed by atoms with E-state index in [1.807, 2.05) is 37.3 Å². The van der Waals surface area contributed by atoms with Crippen LogP contribution >= 0.6 is 15.9 Å². The Labute approximate surface area is 157 Å². The number of amides is 1. The first-order valence-electron chi connectivity index (χ1n) is 7.99. The summed E-state index contributed by atoms with van der Waals surface area (Å²) in [5, 5.41) is 2.78. The number of carbonyl (C=O) groups is 1. The molecule has 0 aromatic heterocycles. The number of hydrogen-bond donors (Lipinski definition) is 1. The van der Waals surface area contributed by atoms with Gasteiger partial charge in [-0.1, -0.05) is 53.2 Å². The van der Waals surface area contributed by atoms with E-state index in [9.17, 15) is 13.2 Å². The molecule has 1 atom stereocenters. The van der Waals surface area contributed by atoms with Crippen molar-refractivity contribution in [2.75, 3.05) is 6.54 Å². The molecule has 2 aromatic carbocycles. The van der Waals surface area contributed by atoms with E-state index in [1.165, 1.54) is 26.0 Å². The van der Waals surface area contributed by atoms with Crippen LogP contribution in [0.4, 0.5) is 0 Å². The highest BCUT2D eigenvalue weighted by Crippen LogP contribution is 2.27. The molecule has 0 spiro atoms. The summed E-state index contributed by atoms with van der Waals surface area (Å²) < 4.78 is 24.9. The Morgan fingerprint density at radius 2 is 1.64 bits per heavy atom. The summed E-state index contributed by atoms with van der Waals surface area (Å²) >= 11 is 3.28. The zero-order valence-electron chi connectivity index (χ0n) is 14.5. The zero-order chi connectivity index (χ0) is 18.7. The minimum atomic E-state index is -3.80. The molecule has 6 heteroatoms. The van der Waals surface area contributed by atoms with Crippen molar-refractivity contribution in [1.82, 2.24) is 5.32 Å². The quantitative estimate of drug-likeness (QED) is 0.765. The van der Waals surface area contributed by atoms with Gasteiger partial charge in [-0.3, -0.25) is 4.79 Å². The van der Waals surface area contributed by atoms with Crippen molar-refractivity contribution in [3.8, 4) is 0 Å². The molecule has 0 aliphatic carbocycles.